The fourth-order valence-corrected chi connectivity index (χ4v) is 4.24. The number of rotatable bonds is 3. The van der Waals surface area contributed by atoms with E-state index < -0.39 is 0 Å². The van der Waals surface area contributed by atoms with Crippen LogP contribution in [0.2, 0.25) is 0 Å². The van der Waals surface area contributed by atoms with E-state index in [9.17, 15) is 9.59 Å². The molecule has 1 unspecified atom stereocenters. The summed E-state index contributed by atoms with van der Waals surface area (Å²) in [6.07, 6.45) is 3.95. The molecule has 1 aromatic carbocycles. The van der Waals surface area contributed by atoms with E-state index in [-0.39, 0.29) is 23.7 Å². The number of nitrogens with zero attached hydrogens (tertiary/aromatic N) is 3. The number of piperidine rings is 1. The number of hydrogen-bond donors (Lipinski definition) is 0. The normalized spacial score (nSPS) is 23.9. The molecule has 140 valence electrons. The summed E-state index contributed by atoms with van der Waals surface area (Å²) in [6.45, 7) is 6.90. The van der Waals surface area contributed by atoms with Crippen LogP contribution in [0, 0.1) is 18.8 Å². The van der Waals surface area contributed by atoms with Crippen LogP contribution in [-0.2, 0) is 9.59 Å². The van der Waals surface area contributed by atoms with Crippen molar-refractivity contribution in [1.82, 2.24) is 9.80 Å². The lowest BCUT2D eigenvalue weighted by Crippen LogP contribution is -2.53. The van der Waals surface area contributed by atoms with Gasteiger partial charge < -0.3 is 14.7 Å². The highest BCUT2D eigenvalue weighted by molar-refractivity contribution is 5.83. The van der Waals surface area contributed by atoms with Gasteiger partial charge in [-0.1, -0.05) is 12.1 Å². The Morgan fingerprint density at radius 3 is 2.31 bits per heavy atom. The fraction of sp³-hybridized carbons (Fsp3) is 0.619. The minimum absolute atomic E-state index is 0.00281. The van der Waals surface area contributed by atoms with Gasteiger partial charge in [-0.15, -0.1) is 0 Å². The van der Waals surface area contributed by atoms with E-state index in [4.69, 9.17) is 0 Å². The predicted octanol–water partition coefficient (Wildman–Crippen LogP) is 2.29. The van der Waals surface area contributed by atoms with E-state index in [0.29, 0.717) is 6.54 Å². The zero-order valence-corrected chi connectivity index (χ0v) is 15.7. The Kier molecular flexibility index (Phi) is 4.88. The minimum Gasteiger partial charge on any atom is -0.368 e. The van der Waals surface area contributed by atoms with Crippen molar-refractivity contribution in [2.24, 2.45) is 11.8 Å². The molecule has 1 saturated carbocycles. The first kappa shape index (κ1) is 17.4. The average molecular weight is 355 g/mol. The van der Waals surface area contributed by atoms with Crippen molar-refractivity contribution in [2.75, 3.05) is 44.2 Å². The Hall–Kier alpha value is -2.04. The van der Waals surface area contributed by atoms with Crippen LogP contribution in [0.5, 0.6) is 0 Å². The number of amides is 2. The summed E-state index contributed by atoms with van der Waals surface area (Å²) in [5, 5.41) is 0. The van der Waals surface area contributed by atoms with Gasteiger partial charge in [0, 0.05) is 50.9 Å². The van der Waals surface area contributed by atoms with E-state index in [1.807, 2.05) is 9.80 Å². The summed E-state index contributed by atoms with van der Waals surface area (Å²) < 4.78 is 0. The smallest absolute Gasteiger partial charge is 0.227 e. The Balaban J connectivity index is 1.32. The molecule has 2 heterocycles. The van der Waals surface area contributed by atoms with E-state index in [1.165, 1.54) is 11.3 Å². The molecule has 1 aliphatic carbocycles. The van der Waals surface area contributed by atoms with Crippen molar-refractivity contribution in [3.63, 3.8) is 0 Å². The van der Waals surface area contributed by atoms with Crippen LogP contribution in [0.3, 0.4) is 0 Å². The van der Waals surface area contributed by atoms with E-state index in [2.05, 4.69) is 36.1 Å². The van der Waals surface area contributed by atoms with Crippen LogP contribution < -0.4 is 4.90 Å². The third-order valence-electron chi connectivity index (χ3n) is 5.97. The monoisotopic (exact) mass is 355 g/mol. The summed E-state index contributed by atoms with van der Waals surface area (Å²) in [5.74, 6) is 0.785. The molecular weight excluding hydrogens is 326 g/mol. The quantitative estimate of drug-likeness (QED) is 0.836. The number of hydrogen-bond acceptors (Lipinski definition) is 3. The topological polar surface area (TPSA) is 43.9 Å². The molecular formula is C21H29N3O2. The lowest BCUT2D eigenvalue weighted by atomic mass is 9.95. The fourth-order valence-electron chi connectivity index (χ4n) is 4.24. The lowest BCUT2D eigenvalue weighted by Gasteiger charge is -2.40. The Labute approximate surface area is 155 Å². The Bertz CT molecular complexity index is 678. The number of likely N-dealkylation sites (tertiary alicyclic amines) is 1. The first-order valence-corrected chi connectivity index (χ1v) is 10.0. The summed E-state index contributed by atoms with van der Waals surface area (Å²) in [7, 11) is 0. The molecule has 5 heteroatoms. The van der Waals surface area contributed by atoms with Crippen molar-refractivity contribution in [3.05, 3.63) is 29.8 Å². The zero-order valence-electron chi connectivity index (χ0n) is 15.7. The summed E-state index contributed by atoms with van der Waals surface area (Å²) >= 11 is 0. The average Bonchev–Trinajstić information content (AvgIpc) is 3.52. The number of carbonyl (C=O) groups excluding carboxylic acids is 2. The van der Waals surface area contributed by atoms with Crippen LogP contribution in [0.25, 0.3) is 0 Å². The van der Waals surface area contributed by atoms with E-state index in [1.54, 1.807) is 0 Å². The molecule has 0 spiro atoms. The Morgan fingerprint density at radius 1 is 0.885 bits per heavy atom. The molecule has 0 radical (unpaired) electrons. The number of anilines is 1. The number of aryl methyl sites for hydroxylation is 1. The van der Waals surface area contributed by atoms with Gasteiger partial charge in [-0.25, -0.2) is 0 Å². The van der Waals surface area contributed by atoms with Gasteiger partial charge in [0.1, 0.15) is 0 Å². The molecule has 1 atom stereocenters. The summed E-state index contributed by atoms with van der Waals surface area (Å²) in [6, 6.07) is 8.56. The van der Waals surface area contributed by atoms with Gasteiger partial charge in [0.15, 0.2) is 0 Å². The second kappa shape index (κ2) is 7.29. The maximum absolute atomic E-state index is 13.0. The molecule has 2 amide bonds. The number of carbonyl (C=O) groups is 2. The first-order chi connectivity index (χ1) is 12.6. The molecule has 2 aliphatic heterocycles. The van der Waals surface area contributed by atoms with E-state index >= 15 is 0 Å². The van der Waals surface area contributed by atoms with Gasteiger partial charge in [-0.05, 0) is 50.3 Å². The van der Waals surface area contributed by atoms with Gasteiger partial charge in [-0.2, -0.15) is 0 Å². The standard InChI is InChI=1S/C21H29N3O2/c1-16-4-2-6-19(14-16)22-10-12-23(13-11-22)21(26)18-5-3-9-24(15-18)20(25)17-7-8-17/h2,4,6,14,17-18H,3,5,7-13,15H2,1H3. The third kappa shape index (κ3) is 3.71. The van der Waals surface area contributed by atoms with Gasteiger partial charge in [0.25, 0.3) is 0 Å². The highest BCUT2D eigenvalue weighted by Gasteiger charge is 2.38. The van der Waals surface area contributed by atoms with Crippen molar-refractivity contribution >= 4 is 17.5 Å². The van der Waals surface area contributed by atoms with Gasteiger partial charge in [0.05, 0.1) is 5.92 Å². The van der Waals surface area contributed by atoms with Gasteiger partial charge in [-0.3, -0.25) is 9.59 Å². The second-order valence-corrected chi connectivity index (χ2v) is 8.05. The summed E-state index contributed by atoms with van der Waals surface area (Å²) in [4.78, 5) is 31.6. The highest BCUT2D eigenvalue weighted by atomic mass is 16.2. The van der Waals surface area contributed by atoms with Gasteiger partial charge in [0.2, 0.25) is 11.8 Å². The van der Waals surface area contributed by atoms with Crippen LogP contribution in [0.4, 0.5) is 5.69 Å². The Morgan fingerprint density at radius 2 is 1.62 bits per heavy atom. The molecule has 26 heavy (non-hydrogen) atoms. The summed E-state index contributed by atoms with van der Waals surface area (Å²) in [5.41, 5.74) is 2.51. The minimum atomic E-state index is -0.00281. The van der Waals surface area contributed by atoms with Crippen LogP contribution >= 0.6 is 0 Å². The van der Waals surface area contributed by atoms with Crippen LogP contribution in [0.15, 0.2) is 24.3 Å². The SMILES string of the molecule is Cc1cccc(N2CCN(C(=O)C3CCCN(C(=O)C4CC4)C3)CC2)c1. The molecule has 2 saturated heterocycles. The first-order valence-electron chi connectivity index (χ1n) is 10.0. The molecule has 4 rings (SSSR count). The molecule has 3 aliphatic rings. The second-order valence-electron chi connectivity index (χ2n) is 8.05. The van der Waals surface area contributed by atoms with Crippen molar-refractivity contribution in [1.29, 1.82) is 0 Å². The molecule has 0 aromatic heterocycles. The largest absolute Gasteiger partial charge is 0.368 e. The van der Waals surface area contributed by atoms with E-state index in [0.717, 1.165) is 58.4 Å². The van der Waals surface area contributed by atoms with Crippen molar-refractivity contribution in [2.45, 2.75) is 32.6 Å². The molecule has 0 bridgehead atoms. The number of piperazine rings is 1. The third-order valence-corrected chi connectivity index (χ3v) is 5.97. The lowest BCUT2D eigenvalue weighted by molar-refractivity contribution is -0.141. The zero-order chi connectivity index (χ0) is 18.1. The molecule has 5 nitrogen and oxygen atoms in total. The van der Waals surface area contributed by atoms with Crippen molar-refractivity contribution in [3.8, 4) is 0 Å². The van der Waals surface area contributed by atoms with Crippen LogP contribution in [0.1, 0.15) is 31.2 Å². The maximum atomic E-state index is 13.0. The van der Waals surface area contributed by atoms with Gasteiger partial charge >= 0.3 is 0 Å². The highest BCUT2D eigenvalue weighted by Crippen LogP contribution is 2.33. The maximum Gasteiger partial charge on any atom is 0.227 e. The van der Waals surface area contributed by atoms with Crippen molar-refractivity contribution < 1.29 is 9.59 Å². The molecule has 0 N–H and O–H groups in total. The molecule has 1 aromatic rings. The number of benzene rings is 1. The van der Waals surface area contributed by atoms with Crippen LogP contribution in [-0.4, -0.2) is 60.9 Å². The predicted molar refractivity (Wildman–Crippen MR) is 102 cm³/mol. The molecule has 3 fully saturated rings.